The van der Waals surface area contributed by atoms with E-state index in [1.165, 1.54) is 24.8 Å². The highest BCUT2D eigenvalue weighted by atomic mass is 32.2. The molecule has 4 rings (SSSR count). The number of imidazole rings is 1. The summed E-state index contributed by atoms with van der Waals surface area (Å²) in [6, 6.07) is 8.11. The molecule has 0 atom stereocenters. The largest absolute Gasteiger partial charge is 0.356 e. The second-order valence-corrected chi connectivity index (χ2v) is 7.13. The van der Waals surface area contributed by atoms with Crippen LogP contribution in [-0.2, 0) is 5.75 Å². The first-order valence-corrected chi connectivity index (χ1v) is 9.43. The summed E-state index contributed by atoms with van der Waals surface area (Å²) < 4.78 is 0. The van der Waals surface area contributed by atoms with Gasteiger partial charge >= 0.3 is 0 Å². The molecule has 0 radical (unpaired) electrons. The number of nitrogens with zero attached hydrogens (tertiary/aromatic N) is 4. The van der Waals surface area contributed by atoms with Crippen molar-refractivity contribution in [3.8, 4) is 0 Å². The van der Waals surface area contributed by atoms with E-state index in [0.29, 0.717) is 0 Å². The SMILES string of the molecule is Cc1c(CSc2nc3ccccc3[nH]2)ncnc1N1CCCCC1. The fourth-order valence-electron chi connectivity index (χ4n) is 3.18. The smallest absolute Gasteiger partial charge is 0.166 e. The molecule has 1 fully saturated rings. The Morgan fingerprint density at radius 3 is 2.79 bits per heavy atom. The Kier molecular flexibility index (Phi) is 4.38. The molecule has 3 heterocycles. The Morgan fingerprint density at radius 1 is 1.12 bits per heavy atom. The molecule has 0 aliphatic carbocycles. The number of benzene rings is 1. The molecule has 1 N–H and O–H groups in total. The van der Waals surface area contributed by atoms with E-state index in [4.69, 9.17) is 0 Å². The van der Waals surface area contributed by atoms with Gasteiger partial charge in [-0.15, -0.1) is 0 Å². The van der Waals surface area contributed by atoms with Crippen LogP contribution in [0.2, 0.25) is 0 Å². The van der Waals surface area contributed by atoms with Gasteiger partial charge in [-0.1, -0.05) is 23.9 Å². The Hall–Kier alpha value is -2.08. The van der Waals surface area contributed by atoms with Gasteiger partial charge in [0.15, 0.2) is 5.16 Å². The highest BCUT2D eigenvalue weighted by molar-refractivity contribution is 7.98. The third-order valence-corrected chi connectivity index (χ3v) is 5.42. The maximum atomic E-state index is 4.62. The lowest BCUT2D eigenvalue weighted by molar-refractivity contribution is 0.571. The topological polar surface area (TPSA) is 57.7 Å². The Bertz CT molecular complexity index is 805. The fraction of sp³-hybridized carbons (Fsp3) is 0.389. The van der Waals surface area contributed by atoms with E-state index in [0.717, 1.165) is 46.5 Å². The predicted octanol–water partition coefficient (Wildman–Crippen LogP) is 3.94. The van der Waals surface area contributed by atoms with Gasteiger partial charge in [0.2, 0.25) is 0 Å². The average Bonchev–Trinajstić information content (AvgIpc) is 3.04. The van der Waals surface area contributed by atoms with Gasteiger partial charge in [-0.3, -0.25) is 0 Å². The molecule has 0 saturated carbocycles. The van der Waals surface area contributed by atoms with Crippen LogP contribution < -0.4 is 4.90 Å². The van der Waals surface area contributed by atoms with Crippen LogP contribution in [0.3, 0.4) is 0 Å². The lowest BCUT2D eigenvalue weighted by Crippen LogP contribution is -2.31. The van der Waals surface area contributed by atoms with E-state index in [1.807, 2.05) is 18.2 Å². The minimum atomic E-state index is 0.801. The van der Waals surface area contributed by atoms with Gasteiger partial charge in [0.25, 0.3) is 0 Å². The number of hydrogen-bond acceptors (Lipinski definition) is 5. The third kappa shape index (κ3) is 3.11. The molecule has 5 nitrogen and oxygen atoms in total. The molecular weight excluding hydrogens is 318 g/mol. The molecule has 2 aromatic heterocycles. The first kappa shape index (κ1) is 15.4. The van der Waals surface area contributed by atoms with Crippen LogP contribution in [0.1, 0.15) is 30.5 Å². The van der Waals surface area contributed by atoms with Crippen molar-refractivity contribution in [3.63, 3.8) is 0 Å². The molecule has 124 valence electrons. The Labute approximate surface area is 145 Å². The minimum absolute atomic E-state index is 0.801. The van der Waals surface area contributed by atoms with E-state index in [9.17, 15) is 0 Å². The average molecular weight is 339 g/mol. The van der Waals surface area contributed by atoms with Crippen molar-refractivity contribution in [2.45, 2.75) is 37.1 Å². The van der Waals surface area contributed by atoms with Crippen LogP contribution in [0.15, 0.2) is 35.7 Å². The number of para-hydroxylation sites is 2. The van der Waals surface area contributed by atoms with Crippen LogP contribution >= 0.6 is 11.8 Å². The number of anilines is 1. The number of nitrogens with one attached hydrogen (secondary N) is 1. The van der Waals surface area contributed by atoms with E-state index in [2.05, 4.69) is 37.8 Å². The van der Waals surface area contributed by atoms with E-state index in [-0.39, 0.29) is 0 Å². The van der Waals surface area contributed by atoms with Crippen molar-refractivity contribution < 1.29 is 0 Å². The minimum Gasteiger partial charge on any atom is -0.356 e. The lowest BCUT2D eigenvalue weighted by Gasteiger charge is -2.29. The van der Waals surface area contributed by atoms with Gasteiger partial charge in [0, 0.05) is 24.4 Å². The van der Waals surface area contributed by atoms with Crippen LogP contribution in [0, 0.1) is 6.92 Å². The van der Waals surface area contributed by atoms with Gasteiger partial charge in [0.1, 0.15) is 12.1 Å². The number of H-pyrrole nitrogens is 1. The normalized spacial score (nSPS) is 15.1. The van der Waals surface area contributed by atoms with Crippen LogP contribution in [0.4, 0.5) is 5.82 Å². The standard InChI is InChI=1S/C18H21N5S/c1-13-16(19-12-20-17(13)23-9-5-2-6-10-23)11-24-18-21-14-7-3-4-8-15(14)22-18/h3-4,7-8,12H,2,5-6,9-11H2,1H3,(H,21,22). The van der Waals surface area contributed by atoms with E-state index < -0.39 is 0 Å². The van der Waals surface area contributed by atoms with Crippen molar-refractivity contribution in [2.75, 3.05) is 18.0 Å². The highest BCUT2D eigenvalue weighted by Crippen LogP contribution is 2.27. The van der Waals surface area contributed by atoms with Crippen molar-refractivity contribution in [3.05, 3.63) is 41.9 Å². The number of rotatable bonds is 4. The van der Waals surface area contributed by atoms with Gasteiger partial charge in [-0.25, -0.2) is 15.0 Å². The quantitative estimate of drug-likeness (QED) is 0.730. The molecule has 1 saturated heterocycles. The first-order valence-electron chi connectivity index (χ1n) is 8.44. The molecule has 3 aromatic rings. The number of aromatic amines is 1. The van der Waals surface area contributed by atoms with Crippen LogP contribution in [-0.4, -0.2) is 33.0 Å². The number of hydrogen-bond donors (Lipinski definition) is 1. The van der Waals surface area contributed by atoms with Crippen molar-refractivity contribution >= 4 is 28.6 Å². The summed E-state index contributed by atoms with van der Waals surface area (Å²) in [5, 5.41) is 0.939. The summed E-state index contributed by atoms with van der Waals surface area (Å²) in [7, 11) is 0. The molecule has 1 aliphatic rings. The molecule has 1 aromatic carbocycles. The molecule has 0 spiro atoms. The zero-order valence-corrected chi connectivity index (χ0v) is 14.6. The van der Waals surface area contributed by atoms with Gasteiger partial charge < -0.3 is 9.88 Å². The second-order valence-electron chi connectivity index (χ2n) is 6.16. The number of aromatic nitrogens is 4. The zero-order valence-electron chi connectivity index (χ0n) is 13.8. The predicted molar refractivity (Wildman–Crippen MR) is 98.5 cm³/mol. The molecular formula is C18H21N5S. The summed E-state index contributed by atoms with van der Waals surface area (Å²) in [5.74, 6) is 1.90. The van der Waals surface area contributed by atoms with E-state index in [1.54, 1.807) is 18.1 Å². The molecule has 0 unspecified atom stereocenters. The Balaban J connectivity index is 1.51. The first-order chi connectivity index (χ1) is 11.8. The van der Waals surface area contributed by atoms with Crippen LogP contribution in [0.5, 0.6) is 0 Å². The van der Waals surface area contributed by atoms with E-state index >= 15 is 0 Å². The summed E-state index contributed by atoms with van der Waals surface area (Å²) in [5.41, 5.74) is 4.38. The van der Waals surface area contributed by atoms with Gasteiger partial charge in [-0.05, 0) is 38.3 Å². The lowest BCUT2D eigenvalue weighted by atomic mass is 10.1. The van der Waals surface area contributed by atoms with Crippen molar-refractivity contribution in [2.24, 2.45) is 0 Å². The maximum Gasteiger partial charge on any atom is 0.166 e. The molecule has 24 heavy (non-hydrogen) atoms. The monoisotopic (exact) mass is 339 g/mol. The summed E-state index contributed by atoms with van der Waals surface area (Å²) >= 11 is 1.69. The van der Waals surface area contributed by atoms with Crippen molar-refractivity contribution in [1.29, 1.82) is 0 Å². The molecule has 0 bridgehead atoms. The van der Waals surface area contributed by atoms with Gasteiger partial charge in [-0.2, -0.15) is 0 Å². The van der Waals surface area contributed by atoms with Gasteiger partial charge in [0.05, 0.1) is 16.7 Å². The fourth-order valence-corrected chi connectivity index (χ4v) is 4.09. The summed E-state index contributed by atoms with van der Waals surface area (Å²) in [6.45, 7) is 4.35. The number of thioether (sulfide) groups is 1. The number of fused-ring (bicyclic) bond motifs is 1. The summed E-state index contributed by atoms with van der Waals surface area (Å²) in [6.07, 6.45) is 5.54. The van der Waals surface area contributed by atoms with Crippen molar-refractivity contribution in [1.82, 2.24) is 19.9 Å². The maximum absolute atomic E-state index is 4.62. The molecule has 6 heteroatoms. The zero-order chi connectivity index (χ0) is 16.4. The molecule has 1 aliphatic heterocycles. The third-order valence-electron chi connectivity index (χ3n) is 4.53. The summed E-state index contributed by atoms with van der Waals surface area (Å²) in [4.78, 5) is 19.4. The Morgan fingerprint density at radius 2 is 1.96 bits per heavy atom. The highest BCUT2D eigenvalue weighted by Gasteiger charge is 2.17. The number of piperidine rings is 1. The van der Waals surface area contributed by atoms with Crippen LogP contribution in [0.25, 0.3) is 11.0 Å². The second kappa shape index (κ2) is 6.81. The molecule has 0 amide bonds.